The largest absolute Gasteiger partial charge is 0.454 e. The summed E-state index contributed by atoms with van der Waals surface area (Å²) in [5, 5.41) is 3.31. The highest BCUT2D eigenvalue weighted by Crippen LogP contribution is 2.34. The van der Waals surface area contributed by atoms with E-state index in [9.17, 15) is 0 Å². The molecule has 0 bridgehead atoms. The van der Waals surface area contributed by atoms with Crippen molar-refractivity contribution >= 4 is 5.84 Å². The molecule has 1 aromatic carbocycles. The maximum atomic E-state index is 5.70. The fraction of sp³-hybridized carbons (Fsp3) is 0.462. The number of hydrogen-bond donors (Lipinski definition) is 2. The third-order valence-electron chi connectivity index (χ3n) is 3.68. The highest BCUT2D eigenvalue weighted by molar-refractivity contribution is 5.99. The molecule has 0 aliphatic carbocycles. The van der Waals surface area contributed by atoms with Crippen molar-refractivity contribution in [3.05, 3.63) is 23.8 Å². The monoisotopic (exact) mass is 261 g/mol. The van der Waals surface area contributed by atoms with Gasteiger partial charge in [0.1, 0.15) is 0 Å². The molecule has 3 aliphatic heterocycles. The third-order valence-corrected chi connectivity index (χ3v) is 3.68. The molecule has 19 heavy (non-hydrogen) atoms. The quantitative estimate of drug-likeness (QED) is 0.782. The van der Waals surface area contributed by atoms with Crippen LogP contribution < -0.4 is 20.3 Å². The summed E-state index contributed by atoms with van der Waals surface area (Å²) >= 11 is 0. The fourth-order valence-electron chi connectivity index (χ4n) is 2.59. The van der Waals surface area contributed by atoms with Crippen LogP contribution in [0.2, 0.25) is 0 Å². The van der Waals surface area contributed by atoms with Crippen molar-refractivity contribution in [1.82, 2.24) is 10.8 Å². The van der Waals surface area contributed by atoms with Crippen LogP contribution in [0, 0.1) is 0 Å². The van der Waals surface area contributed by atoms with Gasteiger partial charge in [-0.1, -0.05) is 0 Å². The summed E-state index contributed by atoms with van der Waals surface area (Å²) in [6.45, 7) is 2.14. The Labute approximate surface area is 110 Å². The Morgan fingerprint density at radius 3 is 2.84 bits per heavy atom. The van der Waals surface area contributed by atoms with E-state index in [0.29, 0.717) is 0 Å². The van der Waals surface area contributed by atoms with Gasteiger partial charge in [0.15, 0.2) is 23.1 Å². The third kappa shape index (κ3) is 1.84. The number of amidine groups is 1. The minimum absolute atomic E-state index is 0.283. The zero-order chi connectivity index (χ0) is 12.7. The number of ether oxygens (including phenoxy) is 2. The van der Waals surface area contributed by atoms with Crippen molar-refractivity contribution in [2.75, 3.05) is 19.9 Å². The molecule has 1 saturated heterocycles. The van der Waals surface area contributed by atoms with Crippen LogP contribution in [0.15, 0.2) is 23.2 Å². The Kier molecular flexibility index (Phi) is 2.39. The highest BCUT2D eigenvalue weighted by Gasteiger charge is 2.38. The topological polar surface area (TPSA) is 64.1 Å². The van der Waals surface area contributed by atoms with Gasteiger partial charge in [-0.05, 0) is 31.3 Å². The van der Waals surface area contributed by atoms with Gasteiger partial charge in [0.05, 0.1) is 0 Å². The molecule has 4 rings (SSSR count). The van der Waals surface area contributed by atoms with E-state index in [1.165, 1.54) is 0 Å². The summed E-state index contributed by atoms with van der Waals surface area (Å²) in [6, 6.07) is 5.79. The van der Waals surface area contributed by atoms with Crippen LogP contribution in [0.5, 0.6) is 11.5 Å². The second-order valence-electron chi connectivity index (χ2n) is 4.93. The number of hydrogen-bond acceptors (Lipinski definition) is 6. The first-order valence-electron chi connectivity index (χ1n) is 6.49. The molecule has 0 unspecified atom stereocenters. The molecule has 1 aromatic rings. The normalized spacial score (nSPS) is 23.3. The Bertz CT molecular complexity index is 538. The molecule has 100 valence electrons. The van der Waals surface area contributed by atoms with E-state index in [1.807, 2.05) is 18.2 Å². The summed E-state index contributed by atoms with van der Waals surface area (Å²) in [5.74, 6) is 2.30. The standard InChI is InChI=1S/C13H15N3O3/c1-2-10-11(18-8-17-10)7-9(1)12-15-13(19-16-12)3-5-14-6-4-13/h1-2,7,14H,3-6,8H2,(H,15,16). The van der Waals surface area contributed by atoms with Crippen LogP contribution in [0.3, 0.4) is 0 Å². The SMILES string of the molecule is c1cc2c(cc1C1=NC3(CCNCC3)ON1)OCO2. The van der Waals surface area contributed by atoms with Crippen LogP contribution in [-0.4, -0.2) is 31.4 Å². The Morgan fingerprint density at radius 2 is 1.95 bits per heavy atom. The summed E-state index contributed by atoms with van der Waals surface area (Å²) in [4.78, 5) is 10.4. The van der Waals surface area contributed by atoms with E-state index in [4.69, 9.17) is 19.3 Å². The smallest absolute Gasteiger partial charge is 0.231 e. The van der Waals surface area contributed by atoms with Crippen LogP contribution in [0.25, 0.3) is 0 Å². The molecule has 6 heteroatoms. The minimum Gasteiger partial charge on any atom is -0.454 e. The second kappa shape index (κ2) is 4.11. The van der Waals surface area contributed by atoms with E-state index in [2.05, 4.69) is 10.8 Å². The first-order valence-corrected chi connectivity index (χ1v) is 6.49. The number of fused-ring (bicyclic) bond motifs is 1. The number of nitrogens with zero attached hydrogens (tertiary/aromatic N) is 1. The molecule has 3 heterocycles. The van der Waals surface area contributed by atoms with E-state index < -0.39 is 5.72 Å². The number of aliphatic imine (C=N–C) groups is 1. The second-order valence-corrected chi connectivity index (χ2v) is 4.93. The molecule has 1 spiro atoms. The number of hydroxylamine groups is 1. The maximum Gasteiger partial charge on any atom is 0.231 e. The van der Waals surface area contributed by atoms with E-state index in [0.717, 1.165) is 48.8 Å². The highest BCUT2D eigenvalue weighted by atomic mass is 16.7. The molecule has 6 nitrogen and oxygen atoms in total. The van der Waals surface area contributed by atoms with Crippen LogP contribution in [0.4, 0.5) is 0 Å². The molecule has 1 fully saturated rings. The van der Waals surface area contributed by atoms with Crippen molar-refractivity contribution in [1.29, 1.82) is 0 Å². The van der Waals surface area contributed by atoms with E-state index in [1.54, 1.807) is 0 Å². The van der Waals surface area contributed by atoms with Gasteiger partial charge in [0.25, 0.3) is 0 Å². The average molecular weight is 261 g/mol. The lowest BCUT2D eigenvalue weighted by atomic mass is 10.0. The Balaban J connectivity index is 1.64. The van der Waals surface area contributed by atoms with Crippen molar-refractivity contribution in [2.24, 2.45) is 4.99 Å². The number of benzene rings is 1. The predicted octanol–water partition coefficient (Wildman–Crippen LogP) is 0.776. The summed E-state index contributed by atoms with van der Waals surface area (Å²) in [5.41, 5.74) is 3.50. The summed E-state index contributed by atoms with van der Waals surface area (Å²) in [7, 11) is 0. The van der Waals surface area contributed by atoms with E-state index >= 15 is 0 Å². The lowest BCUT2D eigenvalue weighted by molar-refractivity contribution is -0.0720. The minimum atomic E-state index is -0.406. The first kappa shape index (κ1) is 11.1. The van der Waals surface area contributed by atoms with Gasteiger partial charge in [-0.3, -0.25) is 0 Å². The molecule has 0 radical (unpaired) electrons. The molecule has 0 aromatic heterocycles. The van der Waals surface area contributed by atoms with Crippen LogP contribution in [-0.2, 0) is 4.84 Å². The molecule has 2 N–H and O–H groups in total. The van der Waals surface area contributed by atoms with Gasteiger partial charge < -0.3 is 14.8 Å². The number of nitrogens with one attached hydrogen (secondary N) is 2. The summed E-state index contributed by atoms with van der Waals surface area (Å²) < 4.78 is 10.7. The zero-order valence-electron chi connectivity index (χ0n) is 10.4. The molecular weight excluding hydrogens is 246 g/mol. The summed E-state index contributed by atoms with van der Waals surface area (Å²) in [6.07, 6.45) is 1.77. The fourth-order valence-corrected chi connectivity index (χ4v) is 2.59. The molecule has 3 aliphatic rings. The number of piperidine rings is 1. The van der Waals surface area contributed by atoms with Gasteiger partial charge in [-0.2, -0.15) is 0 Å². The van der Waals surface area contributed by atoms with Crippen molar-refractivity contribution < 1.29 is 14.3 Å². The molecular formula is C13H15N3O3. The van der Waals surface area contributed by atoms with E-state index in [-0.39, 0.29) is 6.79 Å². The van der Waals surface area contributed by atoms with Crippen molar-refractivity contribution in [2.45, 2.75) is 18.6 Å². The average Bonchev–Trinajstić information content (AvgIpc) is 3.06. The lowest BCUT2D eigenvalue weighted by Gasteiger charge is -2.28. The zero-order valence-corrected chi connectivity index (χ0v) is 10.4. The number of rotatable bonds is 1. The van der Waals surface area contributed by atoms with Gasteiger partial charge >= 0.3 is 0 Å². The predicted molar refractivity (Wildman–Crippen MR) is 68.2 cm³/mol. The lowest BCUT2D eigenvalue weighted by Crippen LogP contribution is -2.41. The van der Waals surface area contributed by atoms with Crippen molar-refractivity contribution in [3.8, 4) is 11.5 Å². The van der Waals surface area contributed by atoms with Gasteiger partial charge in [0.2, 0.25) is 6.79 Å². The van der Waals surface area contributed by atoms with Gasteiger partial charge in [-0.15, -0.1) is 0 Å². The molecule has 0 atom stereocenters. The molecule has 0 amide bonds. The van der Waals surface area contributed by atoms with Crippen LogP contribution >= 0.6 is 0 Å². The van der Waals surface area contributed by atoms with Crippen molar-refractivity contribution in [3.63, 3.8) is 0 Å². The maximum absolute atomic E-state index is 5.70. The Morgan fingerprint density at radius 1 is 1.11 bits per heavy atom. The van der Waals surface area contributed by atoms with Gasteiger partial charge in [-0.25, -0.2) is 15.3 Å². The van der Waals surface area contributed by atoms with Gasteiger partial charge in [0, 0.05) is 18.4 Å². The van der Waals surface area contributed by atoms with Crippen LogP contribution in [0.1, 0.15) is 18.4 Å². The molecule has 0 saturated carbocycles. The Hall–Kier alpha value is -1.79. The first-order chi connectivity index (χ1) is 9.35.